The number of nitrogens with zero attached hydrogens (tertiary/aromatic N) is 2. The minimum absolute atomic E-state index is 0.0751. The molecule has 0 fully saturated rings. The Balaban J connectivity index is 1.60. The maximum Gasteiger partial charge on any atom is 0.225 e. The Morgan fingerprint density at radius 2 is 1.94 bits per heavy atom. The van der Waals surface area contributed by atoms with Crippen molar-refractivity contribution in [3.8, 4) is 11.5 Å². The van der Waals surface area contributed by atoms with Crippen molar-refractivity contribution in [1.82, 2.24) is 14.9 Å². The van der Waals surface area contributed by atoms with Gasteiger partial charge in [0.05, 0.1) is 24.8 Å². The molecule has 0 spiro atoms. The maximum absolute atomic E-state index is 12.1. The number of nitrogens with one attached hydrogen (secondary N) is 1. The van der Waals surface area contributed by atoms with Crippen LogP contribution in [-0.4, -0.2) is 35.7 Å². The van der Waals surface area contributed by atoms with Gasteiger partial charge >= 0.3 is 0 Å². The fraction of sp³-hybridized carbons (Fsp3) is 0.429. The highest BCUT2D eigenvalue weighted by Crippen LogP contribution is 2.28. The van der Waals surface area contributed by atoms with Gasteiger partial charge in [-0.25, -0.2) is 4.98 Å². The molecule has 0 aliphatic heterocycles. The first-order valence-corrected chi connectivity index (χ1v) is 12.0. The number of benzene rings is 2. The lowest BCUT2D eigenvalue weighted by molar-refractivity contribution is -0.128. The van der Waals surface area contributed by atoms with Gasteiger partial charge in [-0.2, -0.15) is 0 Å². The zero-order valence-corrected chi connectivity index (χ0v) is 20.9. The Kier molecular flexibility index (Phi) is 8.74. The maximum atomic E-state index is 12.1. The van der Waals surface area contributed by atoms with Crippen molar-refractivity contribution < 1.29 is 14.3 Å². The highest BCUT2D eigenvalue weighted by molar-refractivity contribution is 5.81. The Bertz CT molecular complexity index is 1110. The van der Waals surface area contributed by atoms with Gasteiger partial charge in [0.15, 0.2) is 11.5 Å². The predicted octanol–water partition coefficient (Wildman–Crippen LogP) is 5.34. The number of rotatable bonds is 12. The fourth-order valence-electron chi connectivity index (χ4n) is 3.81. The molecule has 0 unspecified atom stereocenters. The molecule has 0 radical (unpaired) electrons. The van der Waals surface area contributed by atoms with Crippen LogP contribution in [0.5, 0.6) is 11.5 Å². The van der Waals surface area contributed by atoms with E-state index >= 15 is 0 Å². The Labute approximate surface area is 203 Å². The normalized spacial score (nSPS) is 11.4. The fourth-order valence-corrected chi connectivity index (χ4v) is 3.81. The molecule has 6 heteroatoms. The summed E-state index contributed by atoms with van der Waals surface area (Å²) in [6.07, 6.45) is 5.16. The predicted molar refractivity (Wildman–Crippen MR) is 138 cm³/mol. The summed E-state index contributed by atoms with van der Waals surface area (Å²) >= 11 is 0. The molecule has 1 amide bonds. The molecule has 1 heterocycles. The SMILES string of the molecule is C=CCc1ccc(OCCCn2c(CCCNC(=O)C(C)(C)C)nc3ccccc32)c(OC)c1. The van der Waals surface area contributed by atoms with Crippen molar-refractivity contribution >= 4 is 16.9 Å². The van der Waals surface area contributed by atoms with E-state index in [9.17, 15) is 4.79 Å². The topological polar surface area (TPSA) is 65.4 Å². The molecule has 0 saturated heterocycles. The van der Waals surface area contributed by atoms with Crippen molar-refractivity contribution in [3.05, 3.63) is 66.5 Å². The van der Waals surface area contributed by atoms with Crippen LogP contribution in [0.2, 0.25) is 0 Å². The third-order valence-electron chi connectivity index (χ3n) is 5.67. The first-order valence-electron chi connectivity index (χ1n) is 12.0. The van der Waals surface area contributed by atoms with Crippen LogP contribution >= 0.6 is 0 Å². The van der Waals surface area contributed by atoms with Crippen LogP contribution in [0.3, 0.4) is 0 Å². The van der Waals surface area contributed by atoms with Crippen molar-refractivity contribution in [2.45, 2.75) is 53.0 Å². The molecule has 182 valence electrons. The summed E-state index contributed by atoms with van der Waals surface area (Å²) in [6, 6.07) is 14.2. The Morgan fingerprint density at radius 3 is 2.68 bits per heavy atom. The lowest BCUT2D eigenvalue weighted by Crippen LogP contribution is -2.35. The number of methoxy groups -OCH3 is 1. The first kappa shape index (κ1) is 25.3. The minimum atomic E-state index is -0.373. The molecule has 1 aromatic heterocycles. The molecule has 2 aromatic carbocycles. The number of para-hydroxylation sites is 2. The standard InChI is InChI=1S/C28H37N3O3/c1-6-11-21-15-16-24(25(20-21)33-5)34-19-10-18-31-23-13-8-7-12-22(23)30-26(31)14-9-17-29-27(32)28(2,3)4/h6-8,12-13,15-16,20H,1,9-11,14,17-19H2,2-5H3,(H,29,32). The van der Waals surface area contributed by atoms with E-state index in [1.54, 1.807) is 7.11 Å². The second-order valence-corrected chi connectivity index (χ2v) is 9.46. The van der Waals surface area contributed by atoms with Crippen molar-refractivity contribution in [1.29, 1.82) is 0 Å². The van der Waals surface area contributed by atoms with Crippen molar-refractivity contribution in [2.24, 2.45) is 5.41 Å². The number of aryl methyl sites for hydroxylation is 2. The molecule has 0 bridgehead atoms. The van der Waals surface area contributed by atoms with E-state index in [1.807, 2.05) is 63.2 Å². The Hall–Kier alpha value is -3.28. The summed E-state index contributed by atoms with van der Waals surface area (Å²) in [7, 11) is 1.66. The van der Waals surface area contributed by atoms with Crippen LogP contribution < -0.4 is 14.8 Å². The largest absolute Gasteiger partial charge is 0.493 e. The molecule has 3 rings (SSSR count). The summed E-state index contributed by atoms with van der Waals surface area (Å²) in [5.41, 5.74) is 2.90. The quantitative estimate of drug-likeness (QED) is 0.291. The van der Waals surface area contributed by atoms with E-state index in [-0.39, 0.29) is 11.3 Å². The van der Waals surface area contributed by atoms with Gasteiger partial charge in [-0.1, -0.05) is 45.0 Å². The van der Waals surface area contributed by atoms with Gasteiger partial charge < -0.3 is 19.4 Å². The summed E-state index contributed by atoms with van der Waals surface area (Å²) in [6.45, 7) is 11.6. The second kappa shape index (κ2) is 11.7. The molecule has 34 heavy (non-hydrogen) atoms. The van der Waals surface area contributed by atoms with Crippen LogP contribution in [0.4, 0.5) is 0 Å². The number of carbonyl (C=O) groups excluding carboxylic acids is 1. The smallest absolute Gasteiger partial charge is 0.225 e. The number of aromatic nitrogens is 2. The third kappa shape index (κ3) is 6.62. The molecule has 6 nitrogen and oxygen atoms in total. The van der Waals surface area contributed by atoms with Crippen molar-refractivity contribution in [2.75, 3.05) is 20.3 Å². The van der Waals surface area contributed by atoms with Gasteiger partial charge in [-0.05, 0) is 49.1 Å². The lowest BCUT2D eigenvalue weighted by Gasteiger charge is -2.17. The van der Waals surface area contributed by atoms with E-state index < -0.39 is 0 Å². The molecular weight excluding hydrogens is 426 g/mol. The van der Waals surface area contributed by atoms with E-state index in [0.29, 0.717) is 13.2 Å². The molecule has 0 aliphatic carbocycles. The van der Waals surface area contributed by atoms with Crippen LogP contribution in [-0.2, 0) is 24.2 Å². The zero-order valence-electron chi connectivity index (χ0n) is 20.9. The van der Waals surface area contributed by atoms with Gasteiger partial charge in [0.25, 0.3) is 0 Å². The molecule has 0 atom stereocenters. The number of hydrogen-bond acceptors (Lipinski definition) is 4. The van der Waals surface area contributed by atoms with Crippen molar-refractivity contribution in [3.63, 3.8) is 0 Å². The molecule has 1 N–H and O–H groups in total. The van der Waals surface area contributed by atoms with E-state index in [1.165, 1.54) is 0 Å². The average Bonchev–Trinajstić information content (AvgIpc) is 3.16. The number of imidazole rings is 1. The van der Waals surface area contributed by atoms with Gasteiger partial charge in [-0.15, -0.1) is 6.58 Å². The Morgan fingerprint density at radius 1 is 1.15 bits per heavy atom. The zero-order chi connectivity index (χ0) is 24.6. The minimum Gasteiger partial charge on any atom is -0.493 e. The van der Waals surface area contributed by atoms with E-state index in [2.05, 4.69) is 22.5 Å². The number of allylic oxidation sites excluding steroid dienone is 1. The third-order valence-corrected chi connectivity index (χ3v) is 5.67. The molecular formula is C28H37N3O3. The number of hydrogen-bond donors (Lipinski definition) is 1. The van der Waals surface area contributed by atoms with Crippen LogP contribution in [0, 0.1) is 5.41 Å². The molecule has 3 aromatic rings. The highest BCUT2D eigenvalue weighted by atomic mass is 16.5. The lowest BCUT2D eigenvalue weighted by atomic mass is 9.96. The number of amides is 1. The number of fused-ring (bicyclic) bond motifs is 1. The van der Waals surface area contributed by atoms with E-state index in [4.69, 9.17) is 14.5 Å². The highest BCUT2D eigenvalue weighted by Gasteiger charge is 2.20. The van der Waals surface area contributed by atoms with Gasteiger partial charge in [0.2, 0.25) is 5.91 Å². The number of ether oxygens (including phenoxy) is 2. The summed E-state index contributed by atoms with van der Waals surface area (Å²) < 4.78 is 13.8. The van der Waals surface area contributed by atoms with E-state index in [0.717, 1.165) is 66.1 Å². The summed E-state index contributed by atoms with van der Waals surface area (Å²) in [5.74, 6) is 2.61. The van der Waals surface area contributed by atoms with Gasteiger partial charge in [-0.3, -0.25) is 4.79 Å². The van der Waals surface area contributed by atoms with Gasteiger partial charge in [0.1, 0.15) is 5.82 Å². The van der Waals surface area contributed by atoms with Gasteiger partial charge in [0, 0.05) is 24.9 Å². The summed E-state index contributed by atoms with van der Waals surface area (Å²) in [4.78, 5) is 17.0. The van der Waals surface area contributed by atoms with Crippen LogP contribution in [0.25, 0.3) is 11.0 Å². The van der Waals surface area contributed by atoms with Crippen LogP contribution in [0.1, 0.15) is 45.0 Å². The first-order chi connectivity index (χ1) is 16.3. The second-order valence-electron chi connectivity index (χ2n) is 9.46. The monoisotopic (exact) mass is 463 g/mol. The average molecular weight is 464 g/mol. The molecule has 0 aliphatic rings. The number of carbonyl (C=O) groups is 1. The molecule has 0 saturated carbocycles. The van der Waals surface area contributed by atoms with Crippen LogP contribution in [0.15, 0.2) is 55.1 Å². The summed E-state index contributed by atoms with van der Waals surface area (Å²) in [5, 5.41) is 3.03.